The summed E-state index contributed by atoms with van der Waals surface area (Å²) in [6.45, 7) is 3.58. The number of nitrogen functional groups attached to an aromatic ring is 1. The van der Waals surface area contributed by atoms with Gasteiger partial charge in [0.1, 0.15) is 17.4 Å². The standard InChI is InChI=1S/C15H16N2O5S/c1-15(2)11(14(20)21)17-13(23-15)9-10(19)7-4-3-6(18)5-8(7)22-12(9)16/h3-5,11,13,17-18H,16H2,1-2H3,(H,20,21). The van der Waals surface area contributed by atoms with E-state index in [-0.39, 0.29) is 33.6 Å². The molecule has 3 rings (SSSR count). The van der Waals surface area contributed by atoms with E-state index in [0.29, 0.717) is 0 Å². The number of nitrogens with two attached hydrogens (primary N) is 1. The largest absolute Gasteiger partial charge is 0.508 e. The summed E-state index contributed by atoms with van der Waals surface area (Å²) in [5.41, 5.74) is 5.93. The molecule has 1 aromatic carbocycles. The van der Waals surface area contributed by atoms with Crippen molar-refractivity contribution in [3.8, 4) is 5.75 Å². The molecule has 2 heterocycles. The number of benzene rings is 1. The van der Waals surface area contributed by atoms with Gasteiger partial charge in [-0.15, -0.1) is 11.8 Å². The lowest BCUT2D eigenvalue weighted by Gasteiger charge is -2.20. The first-order chi connectivity index (χ1) is 10.7. The smallest absolute Gasteiger partial charge is 0.322 e. The molecule has 0 bridgehead atoms. The number of phenols is 1. The minimum absolute atomic E-state index is 0.0340. The molecule has 5 N–H and O–H groups in total. The van der Waals surface area contributed by atoms with E-state index >= 15 is 0 Å². The van der Waals surface area contributed by atoms with Gasteiger partial charge >= 0.3 is 5.97 Å². The van der Waals surface area contributed by atoms with Gasteiger partial charge in [-0.2, -0.15) is 0 Å². The third-order valence-electron chi connectivity index (χ3n) is 3.88. The highest BCUT2D eigenvalue weighted by Crippen LogP contribution is 2.46. The van der Waals surface area contributed by atoms with Crippen LogP contribution in [0.5, 0.6) is 5.75 Å². The molecule has 0 saturated carbocycles. The summed E-state index contributed by atoms with van der Waals surface area (Å²) >= 11 is 1.32. The van der Waals surface area contributed by atoms with Crippen LogP contribution in [0.1, 0.15) is 24.8 Å². The number of carboxylic acids is 1. The zero-order valence-electron chi connectivity index (χ0n) is 12.5. The van der Waals surface area contributed by atoms with Gasteiger partial charge in [0.15, 0.2) is 0 Å². The molecule has 2 atom stereocenters. The molecule has 0 spiro atoms. The van der Waals surface area contributed by atoms with Crippen LogP contribution in [0.15, 0.2) is 27.4 Å². The molecule has 2 aromatic rings. The van der Waals surface area contributed by atoms with Crippen molar-refractivity contribution in [2.75, 3.05) is 5.73 Å². The number of anilines is 1. The maximum absolute atomic E-state index is 12.7. The minimum atomic E-state index is -0.987. The van der Waals surface area contributed by atoms with Crippen molar-refractivity contribution in [2.45, 2.75) is 30.0 Å². The van der Waals surface area contributed by atoms with Crippen LogP contribution in [0.2, 0.25) is 0 Å². The van der Waals surface area contributed by atoms with E-state index in [1.165, 1.54) is 30.0 Å². The topological polar surface area (TPSA) is 126 Å². The summed E-state index contributed by atoms with van der Waals surface area (Å²) in [5.74, 6) is -1.10. The normalized spacial score (nSPS) is 23.2. The number of rotatable bonds is 2. The Hall–Kier alpha value is -2.19. The Morgan fingerprint density at radius 3 is 2.74 bits per heavy atom. The number of hydrogen-bond acceptors (Lipinski definition) is 7. The quantitative estimate of drug-likeness (QED) is 0.652. The fourth-order valence-corrected chi connectivity index (χ4v) is 4.19. The third-order valence-corrected chi connectivity index (χ3v) is 5.33. The molecule has 2 unspecified atom stereocenters. The maximum Gasteiger partial charge on any atom is 0.322 e. The van der Waals surface area contributed by atoms with E-state index in [0.717, 1.165) is 0 Å². The van der Waals surface area contributed by atoms with Crippen LogP contribution in [-0.4, -0.2) is 27.0 Å². The van der Waals surface area contributed by atoms with Gasteiger partial charge in [0.2, 0.25) is 11.3 Å². The second-order valence-electron chi connectivity index (χ2n) is 5.93. The molecule has 1 fully saturated rings. The summed E-state index contributed by atoms with van der Waals surface area (Å²) in [6, 6.07) is 3.35. The second kappa shape index (κ2) is 5.17. The lowest BCUT2D eigenvalue weighted by molar-refractivity contribution is -0.139. The van der Waals surface area contributed by atoms with Crippen LogP contribution in [0.3, 0.4) is 0 Å². The Balaban J connectivity index is 2.13. The Labute approximate surface area is 135 Å². The number of aliphatic carboxylic acids is 1. The number of carboxylic acid groups (broad SMARTS) is 1. The Morgan fingerprint density at radius 2 is 2.13 bits per heavy atom. The number of hydrogen-bond donors (Lipinski definition) is 4. The zero-order chi connectivity index (χ0) is 16.9. The van der Waals surface area contributed by atoms with Crippen LogP contribution in [0, 0.1) is 0 Å². The van der Waals surface area contributed by atoms with Crippen LogP contribution in [-0.2, 0) is 4.79 Å². The van der Waals surface area contributed by atoms with Crippen molar-refractivity contribution in [3.05, 3.63) is 34.0 Å². The number of phenolic OH excluding ortho intramolecular Hbond substituents is 1. The summed E-state index contributed by atoms with van der Waals surface area (Å²) < 4.78 is 4.84. The van der Waals surface area contributed by atoms with Gasteiger partial charge in [-0.05, 0) is 26.0 Å². The van der Waals surface area contributed by atoms with Crippen molar-refractivity contribution in [1.29, 1.82) is 0 Å². The summed E-state index contributed by atoms with van der Waals surface area (Å²) in [6.07, 6.45) is 0. The fraction of sp³-hybridized carbons (Fsp3) is 0.333. The molecule has 0 radical (unpaired) electrons. The van der Waals surface area contributed by atoms with Gasteiger partial charge in [0.25, 0.3) is 0 Å². The predicted octanol–water partition coefficient (Wildman–Crippen LogP) is 1.65. The Bertz CT molecular complexity index is 861. The highest BCUT2D eigenvalue weighted by Gasteiger charge is 2.47. The molecule has 1 aliphatic rings. The zero-order valence-corrected chi connectivity index (χ0v) is 13.3. The van der Waals surface area contributed by atoms with E-state index < -0.39 is 22.1 Å². The highest BCUT2D eigenvalue weighted by atomic mass is 32.2. The number of nitrogens with one attached hydrogen (secondary N) is 1. The Kier molecular flexibility index (Phi) is 3.53. The van der Waals surface area contributed by atoms with Crippen molar-refractivity contribution < 1.29 is 19.4 Å². The molecule has 122 valence electrons. The second-order valence-corrected chi connectivity index (χ2v) is 7.69. The lowest BCUT2D eigenvalue weighted by atomic mass is 10.0. The molecule has 1 aromatic heterocycles. The van der Waals surface area contributed by atoms with Crippen molar-refractivity contribution >= 4 is 34.6 Å². The van der Waals surface area contributed by atoms with Gasteiger partial charge in [0.05, 0.1) is 16.3 Å². The van der Waals surface area contributed by atoms with Gasteiger partial charge in [0, 0.05) is 10.8 Å². The number of aromatic hydroxyl groups is 1. The molecule has 7 nitrogen and oxygen atoms in total. The average molecular weight is 336 g/mol. The SMILES string of the molecule is CC1(C)SC(c2c(N)oc3cc(O)ccc3c2=O)NC1C(=O)O. The predicted molar refractivity (Wildman–Crippen MR) is 87.5 cm³/mol. The molecule has 8 heteroatoms. The van der Waals surface area contributed by atoms with E-state index in [9.17, 15) is 19.8 Å². The van der Waals surface area contributed by atoms with Gasteiger partial charge in [-0.1, -0.05) is 0 Å². The highest BCUT2D eigenvalue weighted by molar-refractivity contribution is 8.01. The Morgan fingerprint density at radius 1 is 1.43 bits per heavy atom. The van der Waals surface area contributed by atoms with Crippen LogP contribution in [0.25, 0.3) is 11.0 Å². The molecule has 0 aliphatic carbocycles. The minimum Gasteiger partial charge on any atom is -0.508 e. The molecule has 1 aliphatic heterocycles. The average Bonchev–Trinajstić information content (AvgIpc) is 2.73. The fourth-order valence-electron chi connectivity index (χ4n) is 2.73. The summed E-state index contributed by atoms with van der Waals surface area (Å²) in [5, 5.41) is 21.4. The molecule has 0 amide bonds. The number of thioether (sulfide) groups is 1. The van der Waals surface area contributed by atoms with Gasteiger partial charge in [-0.3, -0.25) is 14.9 Å². The first-order valence-electron chi connectivity index (χ1n) is 6.92. The molecular formula is C15H16N2O5S. The third kappa shape index (κ3) is 2.53. The number of fused-ring (bicyclic) bond motifs is 1. The van der Waals surface area contributed by atoms with Crippen LogP contribution >= 0.6 is 11.8 Å². The first-order valence-corrected chi connectivity index (χ1v) is 7.80. The number of carbonyl (C=O) groups is 1. The van der Waals surface area contributed by atoms with E-state index in [1.807, 2.05) is 0 Å². The van der Waals surface area contributed by atoms with Crippen molar-refractivity contribution in [1.82, 2.24) is 5.32 Å². The first kappa shape index (κ1) is 15.7. The van der Waals surface area contributed by atoms with Crippen LogP contribution < -0.4 is 16.5 Å². The van der Waals surface area contributed by atoms with Crippen molar-refractivity contribution in [2.24, 2.45) is 0 Å². The summed E-state index contributed by atoms with van der Waals surface area (Å²) in [7, 11) is 0. The van der Waals surface area contributed by atoms with Gasteiger partial charge in [-0.25, -0.2) is 0 Å². The molecular weight excluding hydrogens is 320 g/mol. The van der Waals surface area contributed by atoms with E-state index in [2.05, 4.69) is 5.32 Å². The molecule has 1 saturated heterocycles. The summed E-state index contributed by atoms with van der Waals surface area (Å²) in [4.78, 5) is 24.1. The monoisotopic (exact) mass is 336 g/mol. The van der Waals surface area contributed by atoms with Crippen LogP contribution in [0.4, 0.5) is 5.88 Å². The maximum atomic E-state index is 12.7. The van der Waals surface area contributed by atoms with E-state index in [4.69, 9.17) is 10.2 Å². The molecule has 23 heavy (non-hydrogen) atoms. The lowest BCUT2D eigenvalue weighted by Crippen LogP contribution is -2.44. The van der Waals surface area contributed by atoms with Crippen molar-refractivity contribution in [3.63, 3.8) is 0 Å². The van der Waals surface area contributed by atoms with Gasteiger partial charge < -0.3 is 20.4 Å². The van der Waals surface area contributed by atoms with E-state index in [1.54, 1.807) is 13.8 Å².